The van der Waals surface area contributed by atoms with Gasteiger partial charge >= 0.3 is 0 Å². The lowest BCUT2D eigenvalue weighted by atomic mass is 10.1. The van der Waals surface area contributed by atoms with Gasteiger partial charge in [-0.05, 0) is 31.5 Å². The van der Waals surface area contributed by atoms with Crippen LogP contribution in [0.15, 0.2) is 27.4 Å². The van der Waals surface area contributed by atoms with E-state index in [4.69, 9.17) is 4.42 Å². The molecule has 0 aromatic carbocycles. The minimum Gasteiger partial charge on any atom is -0.453 e. The standard InChI is InChI=1S/C13H13NO3/c1-3-9-6-11(8(2)14-13(9)16)12-5-4-10(7-15)17-12/h4-7H,3H2,1-2H3,(H,14,16). The fourth-order valence-corrected chi connectivity index (χ4v) is 1.75. The largest absolute Gasteiger partial charge is 0.453 e. The summed E-state index contributed by atoms with van der Waals surface area (Å²) in [5, 5.41) is 0. The SMILES string of the molecule is CCc1cc(-c2ccc(C=O)o2)c(C)[nH]c1=O. The maximum Gasteiger partial charge on any atom is 0.251 e. The van der Waals surface area contributed by atoms with Crippen LogP contribution < -0.4 is 5.56 Å². The first-order chi connectivity index (χ1) is 8.15. The van der Waals surface area contributed by atoms with Crippen molar-refractivity contribution < 1.29 is 9.21 Å². The summed E-state index contributed by atoms with van der Waals surface area (Å²) in [7, 11) is 0. The highest BCUT2D eigenvalue weighted by atomic mass is 16.3. The van der Waals surface area contributed by atoms with E-state index in [-0.39, 0.29) is 11.3 Å². The Morgan fingerprint density at radius 1 is 1.41 bits per heavy atom. The first kappa shape index (κ1) is 11.4. The van der Waals surface area contributed by atoms with Crippen LogP contribution in [0, 0.1) is 6.92 Å². The number of hydrogen-bond acceptors (Lipinski definition) is 3. The molecule has 0 amide bonds. The van der Waals surface area contributed by atoms with E-state index in [0.29, 0.717) is 24.0 Å². The number of pyridine rings is 1. The van der Waals surface area contributed by atoms with Gasteiger partial charge in [0, 0.05) is 16.8 Å². The average molecular weight is 231 g/mol. The van der Waals surface area contributed by atoms with E-state index in [9.17, 15) is 9.59 Å². The lowest BCUT2D eigenvalue weighted by molar-refractivity contribution is 0.110. The average Bonchev–Trinajstić information content (AvgIpc) is 2.78. The highest BCUT2D eigenvalue weighted by molar-refractivity contribution is 5.73. The Morgan fingerprint density at radius 2 is 2.18 bits per heavy atom. The van der Waals surface area contributed by atoms with Crippen LogP contribution in [-0.4, -0.2) is 11.3 Å². The number of nitrogens with one attached hydrogen (secondary N) is 1. The summed E-state index contributed by atoms with van der Waals surface area (Å²) in [4.78, 5) is 24.9. The molecular formula is C13H13NO3. The van der Waals surface area contributed by atoms with Crippen molar-refractivity contribution in [3.63, 3.8) is 0 Å². The second-order valence-corrected chi connectivity index (χ2v) is 3.84. The number of aldehydes is 1. The molecule has 0 fully saturated rings. The highest BCUT2D eigenvalue weighted by Crippen LogP contribution is 2.23. The van der Waals surface area contributed by atoms with Gasteiger partial charge in [-0.2, -0.15) is 0 Å². The predicted molar refractivity (Wildman–Crippen MR) is 64.3 cm³/mol. The van der Waals surface area contributed by atoms with Gasteiger partial charge in [-0.3, -0.25) is 9.59 Å². The Kier molecular flexibility index (Phi) is 2.95. The zero-order chi connectivity index (χ0) is 12.4. The van der Waals surface area contributed by atoms with E-state index in [1.165, 1.54) is 0 Å². The fraction of sp³-hybridized carbons (Fsp3) is 0.231. The van der Waals surface area contributed by atoms with E-state index in [2.05, 4.69) is 4.98 Å². The van der Waals surface area contributed by atoms with Crippen molar-refractivity contribution in [2.45, 2.75) is 20.3 Å². The van der Waals surface area contributed by atoms with Crippen molar-refractivity contribution in [2.75, 3.05) is 0 Å². The van der Waals surface area contributed by atoms with Gasteiger partial charge in [-0.15, -0.1) is 0 Å². The zero-order valence-corrected chi connectivity index (χ0v) is 9.74. The molecule has 0 aliphatic rings. The van der Waals surface area contributed by atoms with E-state index in [0.717, 1.165) is 11.3 Å². The van der Waals surface area contributed by atoms with Crippen molar-refractivity contribution in [1.29, 1.82) is 0 Å². The third kappa shape index (κ3) is 2.06. The summed E-state index contributed by atoms with van der Waals surface area (Å²) < 4.78 is 5.35. The molecule has 17 heavy (non-hydrogen) atoms. The monoisotopic (exact) mass is 231 g/mol. The molecule has 0 atom stereocenters. The molecule has 0 aliphatic carbocycles. The Labute approximate surface area is 98.3 Å². The second-order valence-electron chi connectivity index (χ2n) is 3.84. The number of furan rings is 1. The van der Waals surface area contributed by atoms with Gasteiger partial charge in [0.15, 0.2) is 12.0 Å². The molecule has 0 unspecified atom stereocenters. The van der Waals surface area contributed by atoms with Crippen LogP contribution in [0.2, 0.25) is 0 Å². The van der Waals surface area contributed by atoms with Gasteiger partial charge < -0.3 is 9.40 Å². The van der Waals surface area contributed by atoms with Gasteiger partial charge in [-0.25, -0.2) is 0 Å². The summed E-state index contributed by atoms with van der Waals surface area (Å²) in [5.41, 5.74) is 2.18. The Balaban J connectivity index is 2.58. The number of hydrogen-bond donors (Lipinski definition) is 1. The normalized spacial score (nSPS) is 10.5. The number of carbonyl (C=O) groups is 1. The molecule has 4 nitrogen and oxygen atoms in total. The third-order valence-electron chi connectivity index (χ3n) is 2.70. The molecule has 2 aromatic heterocycles. The first-order valence-electron chi connectivity index (χ1n) is 5.44. The number of aromatic amines is 1. The minimum absolute atomic E-state index is 0.0732. The molecule has 2 rings (SSSR count). The highest BCUT2D eigenvalue weighted by Gasteiger charge is 2.10. The van der Waals surface area contributed by atoms with Gasteiger partial charge in [0.25, 0.3) is 5.56 Å². The van der Waals surface area contributed by atoms with Crippen LogP contribution in [0.4, 0.5) is 0 Å². The van der Waals surface area contributed by atoms with Crippen LogP contribution in [0.25, 0.3) is 11.3 Å². The molecule has 2 aromatic rings. The van der Waals surface area contributed by atoms with Gasteiger partial charge in [0.05, 0.1) is 0 Å². The quantitative estimate of drug-likeness (QED) is 0.824. The third-order valence-corrected chi connectivity index (χ3v) is 2.70. The molecule has 0 spiro atoms. The number of H-pyrrole nitrogens is 1. The molecule has 2 heterocycles. The second kappa shape index (κ2) is 4.41. The predicted octanol–water partition coefficient (Wildman–Crippen LogP) is 2.32. The minimum atomic E-state index is -0.0732. The van der Waals surface area contributed by atoms with Crippen LogP contribution in [0.1, 0.15) is 28.7 Å². The Morgan fingerprint density at radius 3 is 2.76 bits per heavy atom. The maximum atomic E-state index is 11.6. The van der Waals surface area contributed by atoms with E-state index in [1.807, 2.05) is 13.0 Å². The Bertz CT molecular complexity index is 607. The maximum absolute atomic E-state index is 11.6. The van der Waals surface area contributed by atoms with E-state index in [1.54, 1.807) is 19.1 Å². The first-order valence-corrected chi connectivity index (χ1v) is 5.44. The summed E-state index contributed by atoms with van der Waals surface area (Å²) in [5.74, 6) is 0.874. The molecule has 0 saturated carbocycles. The molecule has 0 aliphatic heterocycles. The molecule has 0 saturated heterocycles. The smallest absolute Gasteiger partial charge is 0.251 e. The molecule has 1 N–H and O–H groups in total. The summed E-state index contributed by atoms with van der Waals surface area (Å²) >= 11 is 0. The zero-order valence-electron chi connectivity index (χ0n) is 9.74. The number of carbonyl (C=O) groups excluding carboxylic acids is 1. The molecule has 4 heteroatoms. The summed E-state index contributed by atoms with van der Waals surface area (Å²) in [6.45, 7) is 3.72. The van der Waals surface area contributed by atoms with Crippen LogP contribution in [-0.2, 0) is 6.42 Å². The number of aromatic nitrogens is 1. The summed E-state index contributed by atoms with van der Waals surface area (Å²) in [6, 6.07) is 5.14. The fourth-order valence-electron chi connectivity index (χ4n) is 1.75. The van der Waals surface area contributed by atoms with Crippen LogP contribution in [0.5, 0.6) is 0 Å². The van der Waals surface area contributed by atoms with Crippen molar-refractivity contribution in [1.82, 2.24) is 4.98 Å². The van der Waals surface area contributed by atoms with E-state index >= 15 is 0 Å². The molecule has 0 bridgehead atoms. The van der Waals surface area contributed by atoms with Gasteiger partial charge in [0.2, 0.25) is 0 Å². The lowest BCUT2D eigenvalue weighted by Crippen LogP contribution is -2.13. The van der Waals surface area contributed by atoms with E-state index < -0.39 is 0 Å². The van der Waals surface area contributed by atoms with Crippen molar-refractivity contribution in [2.24, 2.45) is 0 Å². The van der Waals surface area contributed by atoms with Crippen LogP contribution >= 0.6 is 0 Å². The molecule has 88 valence electrons. The summed E-state index contributed by atoms with van der Waals surface area (Å²) in [6.07, 6.45) is 1.31. The Hall–Kier alpha value is -2.10. The van der Waals surface area contributed by atoms with Crippen molar-refractivity contribution in [3.05, 3.63) is 45.6 Å². The number of rotatable bonds is 3. The topological polar surface area (TPSA) is 63.1 Å². The van der Waals surface area contributed by atoms with Crippen LogP contribution in [0.3, 0.4) is 0 Å². The van der Waals surface area contributed by atoms with Crippen molar-refractivity contribution in [3.8, 4) is 11.3 Å². The molecule has 0 radical (unpaired) electrons. The molecular weight excluding hydrogens is 218 g/mol. The van der Waals surface area contributed by atoms with Gasteiger partial charge in [0.1, 0.15) is 5.76 Å². The lowest BCUT2D eigenvalue weighted by Gasteiger charge is -2.04. The number of aryl methyl sites for hydroxylation is 2. The van der Waals surface area contributed by atoms with Gasteiger partial charge in [-0.1, -0.05) is 6.92 Å². The van der Waals surface area contributed by atoms with Crippen molar-refractivity contribution >= 4 is 6.29 Å².